The van der Waals surface area contributed by atoms with Crippen LogP contribution in [-0.4, -0.2) is 72.5 Å². The first-order chi connectivity index (χ1) is 9.67. The summed E-state index contributed by atoms with van der Waals surface area (Å²) in [5, 5.41) is 47.2. The molecule has 2 aromatic heterocycles. The van der Waals surface area contributed by atoms with E-state index in [-0.39, 0.29) is 0 Å². The number of aliphatic hydroxyl groups is 3. The van der Waals surface area contributed by atoms with E-state index in [0.717, 1.165) is 0 Å². The highest BCUT2D eigenvalue weighted by atomic mass is 16.6. The molecule has 4 atom stereocenters. The Kier molecular flexibility index (Phi) is 3.22. The molecule has 0 saturated carbocycles. The van der Waals surface area contributed by atoms with E-state index < -0.39 is 31.1 Å². The minimum Gasteiger partial charge on any atom is -0.394 e. The number of nitrogens with zero attached hydrogens (tertiary/aromatic N) is 5. The van der Waals surface area contributed by atoms with Gasteiger partial charge < -0.3 is 25.4 Å². The summed E-state index contributed by atoms with van der Waals surface area (Å²) in [4.78, 5) is 0. The van der Waals surface area contributed by atoms with Crippen LogP contribution in [0, 0.1) is 0 Å². The first-order valence-electron chi connectivity index (χ1n) is 6.04. The Morgan fingerprint density at radius 3 is 2.80 bits per heavy atom. The molecule has 0 amide bonds. The summed E-state index contributed by atoms with van der Waals surface area (Å²) >= 11 is 0. The van der Waals surface area contributed by atoms with E-state index in [0.29, 0.717) is 16.9 Å². The molecule has 0 aromatic carbocycles. The second-order valence-electron chi connectivity index (χ2n) is 4.44. The fourth-order valence-electron chi connectivity index (χ4n) is 2.22. The number of hydrogen-bond donors (Lipinski definition) is 4. The second-order valence-corrected chi connectivity index (χ2v) is 4.44. The Morgan fingerprint density at radius 1 is 1.35 bits per heavy atom. The lowest BCUT2D eigenvalue weighted by Gasteiger charge is -2.14. The molecule has 10 nitrogen and oxygen atoms in total. The van der Waals surface area contributed by atoms with Crippen LogP contribution in [0.4, 0.5) is 5.82 Å². The molecule has 1 saturated heterocycles. The van der Waals surface area contributed by atoms with Gasteiger partial charge >= 0.3 is 0 Å². The second kappa shape index (κ2) is 4.90. The molecule has 2 aromatic rings. The standard InChI is InChI=1S/C10H14N6O4/c1-11-9-6-4(2-12-14-9)16(15-13-6)10-8(19)7(18)5(3-17)20-10/h2,5,7-8,10,17-19H,3H2,1H3,(H,11,14)/t5-,7-,8-,10-/m1/s1. The molecular weight excluding hydrogens is 268 g/mol. The van der Waals surface area contributed by atoms with Crippen LogP contribution in [0.5, 0.6) is 0 Å². The van der Waals surface area contributed by atoms with Crippen LogP contribution in [-0.2, 0) is 4.74 Å². The van der Waals surface area contributed by atoms with Gasteiger partial charge in [0, 0.05) is 7.05 Å². The summed E-state index contributed by atoms with van der Waals surface area (Å²) in [7, 11) is 1.68. The minimum absolute atomic E-state index is 0.400. The summed E-state index contributed by atoms with van der Waals surface area (Å²) < 4.78 is 6.72. The van der Waals surface area contributed by atoms with Crippen molar-refractivity contribution in [3.05, 3.63) is 6.20 Å². The average Bonchev–Trinajstić information content (AvgIpc) is 3.01. The average molecular weight is 282 g/mol. The van der Waals surface area contributed by atoms with Gasteiger partial charge in [0.05, 0.1) is 12.8 Å². The van der Waals surface area contributed by atoms with Gasteiger partial charge in [0.2, 0.25) is 0 Å². The number of fused-ring (bicyclic) bond motifs is 1. The van der Waals surface area contributed by atoms with Crippen molar-refractivity contribution < 1.29 is 20.1 Å². The van der Waals surface area contributed by atoms with E-state index in [1.807, 2.05) is 0 Å². The van der Waals surface area contributed by atoms with Gasteiger partial charge in [-0.3, -0.25) is 0 Å². The molecule has 0 unspecified atom stereocenters. The van der Waals surface area contributed by atoms with Gasteiger partial charge in [0.25, 0.3) is 0 Å². The topological polar surface area (TPSA) is 138 Å². The zero-order chi connectivity index (χ0) is 14.3. The van der Waals surface area contributed by atoms with Gasteiger partial charge in [-0.15, -0.1) is 10.2 Å². The van der Waals surface area contributed by atoms with Crippen molar-refractivity contribution in [2.24, 2.45) is 0 Å². The van der Waals surface area contributed by atoms with Gasteiger partial charge in [0.1, 0.15) is 23.8 Å². The normalized spacial score (nSPS) is 30.0. The maximum Gasteiger partial charge on any atom is 0.181 e. The highest BCUT2D eigenvalue weighted by Gasteiger charge is 2.44. The van der Waals surface area contributed by atoms with Gasteiger partial charge in [-0.2, -0.15) is 5.10 Å². The zero-order valence-corrected chi connectivity index (χ0v) is 10.6. The van der Waals surface area contributed by atoms with E-state index in [4.69, 9.17) is 9.84 Å². The van der Waals surface area contributed by atoms with Crippen LogP contribution in [0.15, 0.2) is 6.20 Å². The summed E-state index contributed by atoms with van der Waals surface area (Å²) in [6, 6.07) is 0. The molecule has 108 valence electrons. The van der Waals surface area contributed by atoms with Crippen LogP contribution in [0.25, 0.3) is 11.0 Å². The molecule has 20 heavy (non-hydrogen) atoms. The van der Waals surface area contributed by atoms with Gasteiger partial charge in [-0.1, -0.05) is 5.21 Å². The molecule has 0 bridgehead atoms. The van der Waals surface area contributed by atoms with Crippen LogP contribution in [0.2, 0.25) is 0 Å². The predicted octanol–water partition coefficient (Wildman–Crippen LogP) is -2.13. The number of rotatable bonds is 3. The Balaban J connectivity index is 2.03. The van der Waals surface area contributed by atoms with E-state index in [9.17, 15) is 10.2 Å². The molecule has 1 aliphatic heterocycles. The first kappa shape index (κ1) is 13.1. The van der Waals surface area contributed by atoms with Crippen LogP contribution < -0.4 is 5.32 Å². The number of aromatic nitrogens is 5. The summed E-state index contributed by atoms with van der Waals surface area (Å²) in [5.74, 6) is 0.445. The first-order valence-corrected chi connectivity index (χ1v) is 6.04. The third-order valence-electron chi connectivity index (χ3n) is 3.29. The van der Waals surface area contributed by atoms with E-state index in [1.165, 1.54) is 10.9 Å². The van der Waals surface area contributed by atoms with Crippen LogP contribution in [0.3, 0.4) is 0 Å². The largest absolute Gasteiger partial charge is 0.394 e. The van der Waals surface area contributed by atoms with E-state index in [1.54, 1.807) is 7.05 Å². The third kappa shape index (κ3) is 1.81. The lowest BCUT2D eigenvalue weighted by molar-refractivity contribution is -0.0572. The highest BCUT2D eigenvalue weighted by Crippen LogP contribution is 2.31. The Bertz CT molecular complexity index is 619. The molecule has 0 radical (unpaired) electrons. The summed E-state index contributed by atoms with van der Waals surface area (Å²) in [6.07, 6.45) is -2.79. The maximum atomic E-state index is 9.99. The summed E-state index contributed by atoms with van der Waals surface area (Å²) in [6.45, 7) is -0.400. The molecule has 1 aliphatic rings. The summed E-state index contributed by atoms with van der Waals surface area (Å²) in [5.41, 5.74) is 0.972. The lowest BCUT2D eigenvalue weighted by atomic mass is 10.1. The maximum absolute atomic E-state index is 9.99. The molecule has 0 spiro atoms. The Hall–Kier alpha value is -1.88. The monoisotopic (exact) mass is 282 g/mol. The number of aliphatic hydroxyl groups excluding tert-OH is 3. The smallest absolute Gasteiger partial charge is 0.181 e. The number of hydrogen-bond acceptors (Lipinski definition) is 9. The molecule has 3 heterocycles. The van der Waals surface area contributed by atoms with Crippen molar-refractivity contribution in [3.63, 3.8) is 0 Å². The van der Waals surface area contributed by atoms with E-state index in [2.05, 4.69) is 25.8 Å². The lowest BCUT2D eigenvalue weighted by Crippen LogP contribution is -2.33. The molecular formula is C10H14N6O4. The fraction of sp³-hybridized carbons (Fsp3) is 0.600. The van der Waals surface area contributed by atoms with Crippen molar-refractivity contribution >= 4 is 16.9 Å². The molecule has 0 aliphatic carbocycles. The minimum atomic E-state index is -1.22. The Labute approximate surface area is 113 Å². The van der Waals surface area contributed by atoms with Crippen molar-refractivity contribution in [1.82, 2.24) is 25.2 Å². The van der Waals surface area contributed by atoms with Crippen LogP contribution >= 0.6 is 0 Å². The molecule has 3 rings (SSSR count). The van der Waals surface area contributed by atoms with E-state index >= 15 is 0 Å². The van der Waals surface area contributed by atoms with Crippen molar-refractivity contribution in [1.29, 1.82) is 0 Å². The molecule has 4 N–H and O–H groups in total. The predicted molar refractivity (Wildman–Crippen MR) is 65.7 cm³/mol. The number of ether oxygens (including phenoxy) is 1. The van der Waals surface area contributed by atoms with Crippen LogP contribution in [0.1, 0.15) is 6.23 Å². The zero-order valence-electron chi connectivity index (χ0n) is 10.6. The number of anilines is 1. The van der Waals surface area contributed by atoms with Gasteiger partial charge in [0.15, 0.2) is 17.6 Å². The highest BCUT2D eigenvalue weighted by molar-refractivity contribution is 5.84. The van der Waals surface area contributed by atoms with Gasteiger partial charge in [-0.05, 0) is 0 Å². The Morgan fingerprint density at radius 2 is 2.15 bits per heavy atom. The fourth-order valence-corrected chi connectivity index (χ4v) is 2.22. The quantitative estimate of drug-likeness (QED) is 0.497. The molecule has 1 fully saturated rings. The third-order valence-corrected chi connectivity index (χ3v) is 3.29. The molecule has 10 heteroatoms. The van der Waals surface area contributed by atoms with Crippen molar-refractivity contribution in [3.8, 4) is 0 Å². The SMILES string of the molecule is CNc1nncc2c1nnn2[C@@H]1O[C@H](CO)[C@@H](O)[C@H]1O. The van der Waals surface area contributed by atoms with Gasteiger partial charge in [-0.25, -0.2) is 4.68 Å². The van der Waals surface area contributed by atoms with Crippen molar-refractivity contribution in [2.75, 3.05) is 19.0 Å². The van der Waals surface area contributed by atoms with Crippen molar-refractivity contribution in [2.45, 2.75) is 24.5 Å². The number of nitrogens with one attached hydrogen (secondary N) is 1.